The molecular formula is C19H22Cl2N4O3S. The zero-order valence-electron chi connectivity index (χ0n) is 16.1. The van der Waals surface area contributed by atoms with Gasteiger partial charge in [-0.2, -0.15) is 0 Å². The molecule has 0 spiro atoms. The van der Waals surface area contributed by atoms with Gasteiger partial charge >= 0.3 is 0 Å². The Morgan fingerprint density at radius 1 is 1.10 bits per heavy atom. The van der Waals surface area contributed by atoms with Gasteiger partial charge in [-0.3, -0.25) is 9.59 Å². The highest BCUT2D eigenvalue weighted by atomic mass is 35.5. The normalized spacial score (nSPS) is 11.7. The lowest BCUT2D eigenvalue weighted by atomic mass is 10.0. The van der Waals surface area contributed by atoms with Crippen LogP contribution in [0.2, 0.25) is 10.0 Å². The van der Waals surface area contributed by atoms with Crippen molar-refractivity contribution >= 4 is 58.0 Å². The van der Waals surface area contributed by atoms with Gasteiger partial charge in [0.2, 0.25) is 5.91 Å². The summed E-state index contributed by atoms with van der Waals surface area (Å²) in [4.78, 5) is 36.8. The fourth-order valence-corrected chi connectivity index (χ4v) is 3.77. The van der Waals surface area contributed by atoms with Crippen LogP contribution in [-0.2, 0) is 9.59 Å². The van der Waals surface area contributed by atoms with Crippen LogP contribution in [-0.4, -0.2) is 33.2 Å². The first-order valence-electron chi connectivity index (χ1n) is 9.12. The third-order valence-electron chi connectivity index (χ3n) is 4.13. The Morgan fingerprint density at radius 2 is 1.79 bits per heavy atom. The summed E-state index contributed by atoms with van der Waals surface area (Å²) < 4.78 is 3.75. The summed E-state index contributed by atoms with van der Waals surface area (Å²) in [6.45, 7) is 3.24. The molecule has 0 bridgehead atoms. The van der Waals surface area contributed by atoms with Crippen LogP contribution in [0.5, 0.6) is 0 Å². The van der Waals surface area contributed by atoms with E-state index in [0.29, 0.717) is 45.6 Å². The van der Waals surface area contributed by atoms with Gasteiger partial charge in [0, 0.05) is 22.2 Å². The van der Waals surface area contributed by atoms with Crippen LogP contribution in [0.15, 0.2) is 18.2 Å². The summed E-state index contributed by atoms with van der Waals surface area (Å²) in [5.74, 6) is -0.637. The van der Waals surface area contributed by atoms with Gasteiger partial charge in [-0.25, -0.2) is 0 Å². The number of nitrogens with one attached hydrogen (secondary N) is 2. The number of aromatic nitrogens is 2. The van der Waals surface area contributed by atoms with Gasteiger partial charge in [0.1, 0.15) is 16.7 Å². The van der Waals surface area contributed by atoms with E-state index in [-0.39, 0.29) is 11.7 Å². The summed E-state index contributed by atoms with van der Waals surface area (Å²) in [6.07, 6.45) is 3.15. The molecule has 7 nitrogen and oxygen atoms in total. The SMILES string of the molecule is CC(=O)CCCCC[C@H](NC(=O)c1snnc1C)C(=O)Nc1cc(Cl)cc(Cl)c1. The minimum atomic E-state index is -0.765. The molecule has 2 aromatic rings. The van der Waals surface area contributed by atoms with Crippen LogP contribution >= 0.6 is 34.7 Å². The molecule has 0 saturated heterocycles. The first-order chi connectivity index (χ1) is 13.8. The van der Waals surface area contributed by atoms with Crippen molar-refractivity contribution in [2.45, 2.75) is 52.0 Å². The second-order valence-electron chi connectivity index (χ2n) is 6.66. The summed E-state index contributed by atoms with van der Waals surface area (Å²) in [5, 5.41) is 10.1. The number of hydrogen-bond donors (Lipinski definition) is 2. The number of halogens is 2. The Labute approximate surface area is 183 Å². The smallest absolute Gasteiger partial charge is 0.265 e. The van der Waals surface area contributed by atoms with Crippen molar-refractivity contribution in [2.75, 3.05) is 5.32 Å². The topological polar surface area (TPSA) is 101 Å². The molecule has 2 rings (SSSR count). The summed E-state index contributed by atoms with van der Waals surface area (Å²) in [7, 11) is 0. The highest BCUT2D eigenvalue weighted by molar-refractivity contribution is 7.08. The summed E-state index contributed by atoms with van der Waals surface area (Å²) in [6, 6.07) is 3.95. The Bertz CT molecular complexity index is 868. The van der Waals surface area contributed by atoms with Crippen LogP contribution in [0.3, 0.4) is 0 Å². The van der Waals surface area contributed by atoms with Crippen LogP contribution in [0.4, 0.5) is 5.69 Å². The summed E-state index contributed by atoms with van der Waals surface area (Å²) in [5.41, 5.74) is 0.953. The standard InChI is InChI=1S/C19H22Cl2N4O3S/c1-11(26)6-4-3-5-7-16(23-19(28)17-12(2)24-25-29-17)18(27)22-15-9-13(20)8-14(21)10-15/h8-10,16H,3-7H2,1-2H3,(H,22,27)(H,23,28)/t16-/m0/s1. The molecule has 2 N–H and O–H groups in total. The average Bonchev–Trinajstić information content (AvgIpc) is 3.05. The van der Waals surface area contributed by atoms with Crippen molar-refractivity contribution < 1.29 is 14.4 Å². The zero-order valence-corrected chi connectivity index (χ0v) is 18.5. The quantitative estimate of drug-likeness (QED) is 0.514. The van der Waals surface area contributed by atoms with E-state index in [1.165, 1.54) is 0 Å². The highest BCUT2D eigenvalue weighted by Crippen LogP contribution is 2.23. The molecule has 0 fully saturated rings. The molecule has 156 valence electrons. The molecular weight excluding hydrogens is 435 g/mol. The van der Waals surface area contributed by atoms with Crippen molar-refractivity contribution in [3.05, 3.63) is 38.8 Å². The highest BCUT2D eigenvalue weighted by Gasteiger charge is 2.23. The fourth-order valence-electron chi connectivity index (χ4n) is 2.69. The molecule has 1 aromatic heterocycles. The number of anilines is 1. The fraction of sp³-hybridized carbons (Fsp3) is 0.421. The molecule has 0 unspecified atom stereocenters. The maximum atomic E-state index is 12.8. The molecule has 2 amide bonds. The number of amides is 2. The number of carbonyl (C=O) groups is 3. The van der Waals surface area contributed by atoms with Crippen LogP contribution < -0.4 is 10.6 Å². The molecule has 0 aliphatic rings. The predicted molar refractivity (Wildman–Crippen MR) is 115 cm³/mol. The Balaban J connectivity index is 2.05. The third-order valence-corrected chi connectivity index (χ3v) is 5.39. The Morgan fingerprint density at radius 3 is 2.38 bits per heavy atom. The number of hydrogen-bond acceptors (Lipinski definition) is 6. The number of ketones is 1. The number of aryl methyl sites for hydroxylation is 1. The molecule has 1 atom stereocenters. The van der Waals surface area contributed by atoms with Crippen molar-refractivity contribution in [2.24, 2.45) is 0 Å². The first-order valence-corrected chi connectivity index (χ1v) is 10.7. The lowest BCUT2D eigenvalue weighted by Crippen LogP contribution is -2.43. The zero-order chi connectivity index (χ0) is 21.4. The van der Waals surface area contributed by atoms with Crippen molar-refractivity contribution in [1.82, 2.24) is 14.9 Å². The van der Waals surface area contributed by atoms with Crippen LogP contribution in [0.25, 0.3) is 0 Å². The minimum Gasteiger partial charge on any atom is -0.339 e. The average molecular weight is 457 g/mol. The van der Waals surface area contributed by atoms with Crippen molar-refractivity contribution in [1.29, 1.82) is 0 Å². The molecule has 0 aliphatic carbocycles. The van der Waals surface area contributed by atoms with E-state index in [0.717, 1.165) is 24.4 Å². The number of rotatable bonds is 10. The van der Waals surface area contributed by atoms with E-state index in [4.69, 9.17) is 23.2 Å². The molecule has 1 heterocycles. The Hall–Kier alpha value is -2.03. The Kier molecular flexibility index (Phi) is 9.00. The molecule has 1 aromatic carbocycles. The van der Waals surface area contributed by atoms with Gasteiger partial charge in [0.25, 0.3) is 5.91 Å². The van der Waals surface area contributed by atoms with E-state index in [9.17, 15) is 14.4 Å². The van der Waals surface area contributed by atoms with E-state index < -0.39 is 11.9 Å². The molecule has 10 heteroatoms. The third kappa shape index (κ3) is 7.72. The van der Waals surface area contributed by atoms with Gasteiger partial charge in [0.15, 0.2) is 0 Å². The lowest BCUT2D eigenvalue weighted by molar-refractivity contribution is -0.118. The van der Waals surface area contributed by atoms with Crippen molar-refractivity contribution in [3.63, 3.8) is 0 Å². The maximum absolute atomic E-state index is 12.8. The van der Waals surface area contributed by atoms with Gasteiger partial charge < -0.3 is 15.4 Å². The number of Topliss-reactive ketones (excluding diaryl/α,β-unsaturated/α-hetero) is 1. The molecule has 29 heavy (non-hydrogen) atoms. The van der Waals surface area contributed by atoms with Crippen LogP contribution in [0.1, 0.15) is 54.4 Å². The number of unbranched alkanes of at least 4 members (excludes halogenated alkanes) is 2. The van der Waals surface area contributed by atoms with Gasteiger partial charge in [-0.1, -0.05) is 40.5 Å². The van der Waals surface area contributed by atoms with Crippen molar-refractivity contribution in [3.8, 4) is 0 Å². The summed E-state index contributed by atoms with van der Waals surface area (Å²) >= 11 is 12.9. The lowest BCUT2D eigenvalue weighted by Gasteiger charge is -2.18. The van der Waals surface area contributed by atoms with Gasteiger partial charge in [0.05, 0.1) is 5.69 Å². The number of carbonyl (C=O) groups excluding carboxylic acids is 3. The predicted octanol–water partition coefficient (Wildman–Crippen LogP) is 4.43. The largest absolute Gasteiger partial charge is 0.339 e. The first kappa shape index (κ1) is 23.3. The van der Waals surface area contributed by atoms with E-state index in [2.05, 4.69) is 20.2 Å². The number of nitrogens with zero attached hydrogens (tertiary/aromatic N) is 2. The maximum Gasteiger partial charge on any atom is 0.265 e. The molecule has 0 aliphatic heterocycles. The van der Waals surface area contributed by atoms with Gasteiger partial charge in [-0.15, -0.1) is 5.10 Å². The van der Waals surface area contributed by atoms with E-state index >= 15 is 0 Å². The monoisotopic (exact) mass is 456 g/mol. The minimum absolute atomic E-state index is 0.138. The number of benzene rings is 1. The van der Waals surface area contributed by atoms with Gasteiger partial charge in [-0.05, 0) is 56.4 Å². The van der Waals surface area contributed by atoms with E-state index in [1.54, 1.807) is 32.0 Å². The second kappa shape index (κ2) is 11.2. The second-order valence-corrected chi connectivity index (χ2v) is 8.29. The molecule has 0 radical (unpaired) electrons. The van der Waals surface area contributed by atoms with E-state index in [1.807, 2.05) is 0 Å². The molecule has 0 saturated carbocycles. The van der Waals surface area contributed by atoms with Crippen LogP contribution in [0, 0.1) is 6.92 Å².